The molecule has 11 heteroatoms. The summed E-state index contributed by atoms with van der Waals surface area (Å²) < 4.78 is 32.2. The van der Waals surface area contributed by atoms with Crippen molar-refractivity contribution in [2.24, 2.45) is 0 Å². The van der Waals surface area contributed by atoms with Crippen molar-refractivity contribution in [2.75, 3.05) is 46.4 Å². The Morgan fingerprint density at radius 2 is 1.58 bits per heavy atom. The van der Waals surface area contributed by atoms with Gasteiger partial charge in [0.05, 0.1) is 31.4 Å². The zero-order valence-corrected chi connectivity index (χ0v) is 22.3. The van der Waals surface area contributed by atoms with Gasteiger partial charge in [-0.1, -0.05) is 37.3 Å². The van der Waals surface area contributed by atoms with E-state index in [1.807, 2.05) is 0 Å². The molecule has 1 aliphatic rings. The van der Waals surface area contributed by atoms with E-state index in [0.29, 0.717) is 45.0 Å². The van der Waals surface area contributed by atoms with Crippen molar-refractivity contribution < 1.29 is 32.3 Å². The van der Waals surface area contributed by atoms with E-state index in [9.17, 15) is 27.6 Å². The fourth-order valence-electron chi connectivity index (χ4n) is 4.20. The number of amides is 3. The molecule has 1 aromatic carbocycles. The molecule has 1 aromatic rings. The molecule has 36 heavy (non-hydrogen) atoms. The van der Waals surface area contributed by atoms with Crippen molar-refractivity contribution in [3.63, 3.8) is 0 Å². The minimum absolute atomic E-state index is 0.122. The van der Waals surface area contributed by atoms with E-state index in [4.69, 9.17) is 4.74 Å². The molecule has 0 saturated carbocycles. The van der Waals surface area contributed by atoms with Gasteiger partial charge in [0.1, 0.15) is 5.25 Å². The lowest BCUT2D eigenvalue weighted by Crippen LogP contribution is -2.53. The monoisotopic (exact) mass is 523 g/mol. The maximum atomic E-state index is 13.6. The van der Waals surface area contributed by atoms with Crippen molar-refractivity contribution in [1.29, 1.82) is 0 Å². The molecular weight excluding hydrogens is 486 g/mol. The van der Waals surface area contributed by atoms with Crippen molar-refractivity contribution >= 4 is 33.3 Å². The summed E-state index contributed by atoms with van der Waals surface area (Å²) >= 11 is 0. The van der Waals surface area contributed by atoms with Crippen LogP contribution in [-0.4, -0.2) is 104 Å². The highest BCUT2D eigenvalue weighted by Gasteiger charge is 2.41. The number of rotatable bonds is 12. The average Bonchev–Trinajstić information content (AvgIpc) is 2.88. The minimum Gasteiger partial charge on any atom is -0.378 e. The van der Waals surface area contributed by atoms with E-state index in [1.54, 1.807) is 51.1 Å². The number of carbonyl (C=O) groups is 4. The summed E-state index contributed by atoms with van der Waals surface area (Å²) in [5.74, 6) is -3.28. The maximum absolute atomic E-state index is 13.6. The van der Waals surface area contributed by atoms with Crippen molar-refractivity contribution in [3.8, 4) is 0 Å². The molecule has 1 unspecified atom stereocenters. The molecule has 3 amide bonds. The molecule has 1 saturated heterocycles. The highest BCUT2D eigenvalue weighted by atomic mass is 32.2. The first-order chi connectivity index (χ1) is 17.1. The molecular formula is C25H37N3O7S. The van der Waals surface area contributed by atoms with E-state index >= 15 is 0 Å². The Balaban J connectivity index is 2.36. The van der Waals surface area contributed by atoms with Gasteiger partial charge in [0.25, 0.3) is 5.91 Å². The van der Waals surface area contributed by atoms with Crippen LogP contribution in [0.3, 0.4) is 0 Å². The lowest BCUT2D eigenvalue weighted by Gasteiger charge is -2.32. The van der Waals surface area contributed by atoms with Crippen LogP contribution in [0.2, 0.25) is 0 Å². The third kappa shape index (κ3) is 7.36. The van der Waals surface area contributed by atoms with Crippen LogP contribution in [0.4, 0.5) is 0 Å². The van der Waals surface area contributed by atoms with Gasteiger partial charge in [0.2, 0.25) is 17.6 Å². The number of ether oxygens (including phenoxy) is 1. The van der Waals surface area contributed by atoms with E-state index in [0.717, 1.165) is 4.90 Å². The minimum atomic E-state index is -4.14. The molecule has 0 radical (unpaired) electrons. The maximum Gasteiger partial charge on any atom is 0.292 e. The van der Waals surface area contributed by atoms with Crippen LogP contribution in [0.25, 0.3) is 0 Å². The lowest BCUT2D eigenvalue weighted by molar-refractivity contribution is -0.149. The SMILES string of the molecule is CC[C@@H](C(=O)C(=O)N(CC)CC)N(C)C(=O)C(CC(=O)N1CCOCC1)S(=O)(=O)Cc1ccccc1. The smallest absolute Gasteiger partial charge is 0.292 e. The molecule has 1 fully saturated rings. The van der Waals surface area contributed by atoms with Gasteiger partial charge in [-0.15, -0.1) is 0 Å². The molecule has 0 bridgehead atoms. The second-order valence-corrected chi connectivity index (χ2v) is 10.9. The molecule has 1 aliphatic heterocycles. The van der Waals surface area contributed by atoms with Crippen LogP contribution >= 0.6 is 0 Å². The molecule has 0 N–H and O–H groups in total. The van der Waals surface area contributed by atoms with Gasteiger partial charge in [-0.3, -0.25) is 19.2 Å². The van der Waals surface area contributed by atoms with Gasteiger partial charge in [-0.25, -0.2) is 8.42 Å². The first-order valence-corrected chi connectivity index (χ1v) is 14.0. The average molecular weight is 524 g/mol. The largest absolute Gasteiger partial charge is 0.378 e. The summed E-state index contributed by atoms with van der Waals surface area (Å²) in [5.41, 5.74) is 0.483. The fraction of sp³-hybridized carbons (Fsp3) is 0.600. The van der Waals surface area contributed by atoms with Crippen LogP contribution in [0.15, 0.2) is 30.3 Å². The Kier molecular flexibility index (Phi) is 11.0. The van der Waals surface area contributed by atoms with Gasteiger partial charge in [0.15, 0.2) is 9.84 Å². The third-order valence-corrected chi connectivity index (χ3v) is 8.38. The van der Waals surface area contributed by atoms with Crippen LogP contribution in [-0.2, 0) is 39.5 Å². The van der Waals surface area contributed by atoms with E-state index in [2.05, 4.69) is 0 Å². The zero-order valence-electron chi connectivity index (χ0n) is 21.5. The summed E-state index contributed by atoms with van der Waals surface area (Å²) in [4.78, 5) is 56.1. The van der Waals surface area contributed by atoms with E-state index < -0.39 is 56.8 Å². The van der Waals surface area contributed by atoms with Gasteiger partial charge < -0.3 is 19.4 Å². The molecule has 0 aromatic heterocycles. The highest BCUT2D eigenvalue weighted by Crippen LogP contribution is 2.20. The fourth-order valence-corrected chi connectivity index (χ4v) is 5.93. The number of hydrogen-bond donors (Lipinski definition) is 0. The number of morpholine rings is 1. The van der Waals surface area contributed by atoms with Crippen LogP contribution in [0.1, 0.15) is 39.2 Å². The molecule has 0 spiro atoms. The molecule has 10 nitrogen and oxygen atoms in total. The lowest BCUT2D eigenvalue weighted by atomic mass is 10.1. The molecule has 0 aliphatic carbocycles. The summed E-state index contributed by atoms with van der Waals surface area (Å²) in [6.45, 7) is 7.08. The predicted octanol–water partition coefficient (Wildman–Crippen LogP) is 0.893. The Morgan fingerprint density at radius 3 is 2.11 bits per heavy atom. The molecule has 2 atom stereocenters. The number of benzene rings is 1. The van der Waals surface area contributed by atoms with Gasteiger partial charge in [0, 0.05) is 33.2 Å². The van der Waals surface area contributed by atoms with Crippen molar-refractivity contribution in [2.45, 2.75) is 50.7 Å². The molecule has 200 valence electrons. The number of ketones is 1. The van der Waals surface area contributed by atoms with Gasteiger partial charge in [-0.05, 0) is 25.8 Å². The quantitative estimate of drug-likeness (QED) is 0.373. The summed E-state index contributed by atoms with van der Waals surface area (Å²) in [6, 6.07) is 7.26. The number of Topliss-reactive ketones (excluding diaryl/α,β-unsaturated/α-hetero) is 1. The van der Waals surface area contributed by atoms with Crippen LogP contribution in [0, 0.1) is 0 Å². The number of sulfone groups is 1. The molecule has 2 rings (SSSR count). The van der Waals surface area contributed by atoms with E-state index in [-0.39, 0.29) is 6.42 Å². The Morgan fingerprint density at radius 1 is 1.00 bits per heavy atom. The second kappa shape index (κ2) is 13.5. The van der Waals surface area contributed by atoms with Crippen molar-refractivity contribution in [3.05, 3.63) is 35.9 Å². The number of carbonyl (C=O) groups excluding carboxylic acids is 4. The third-order valence-electron chi connectivity index (χ3n) is 6.41. The first-order valence-electron chi connectivity index (χ1n) is 12.3. The number of likely N-dealkylation sites (N-methyl/N-ethyl adjacent to an activating group) is 2. The van der Waals surface area contributed by atoms with Gasteiger partial charge in [-0.2, -0.15) is 0 Å². The normalized spacial score (nSPS) is 15.6. The summed E-state index contributed by atoms with van der Waals surface area (Å²) in [5, 5.41) is -1.69. The Labute approximate surface area is 213 Å². The van der Waals surface area contributed by atoms with Gasteiger partial charge >= 0.3 is 0 Å². The van der Waals surface area contributed by atoms with E-state index in [1.165, 1.54) is 16.8 Å². The van der Waals surface area contributed by atoms with Crippen molar-refractivity contribution in [1.82, 2.24) is 14.7 Å². The number of hydrogen-bond acceptors (Lipinski definition) is 7. The second-order valence-electron chi connectivity index (χ2n) is 8.69. The zero-order chi connectivity index (χ0) is 26.9. The summed E-state index contributed by atoms with van der Waals surface area (Å²) in [6.07, 6.45) is -0.427. The van der Waals surface area contributed by atoms with Crippen LogP contribution < -0.4 is 0 Å². The Bertz CT molecular complexity index is 1020. The predicted molar refractivity (Wildman–Crippen MR) is 135 cm³/mol. The number of nitrogens with zero attached hydrogens (tertiary/aromatic N) is 3. The molecule has 1 heterocycles. The summed E-state index contributed by atoms with van der Waals surface area (Å²) in [7, 11) is -2.83. The highest BCUT2D eigenvalue weighted by molar-refractivity contribution is 7.92. The first kappa shape index (κ1) is 29.4. The van der Waals surface area contributed by atoms with Crippen LogP contribution in [0.5, 0.6) is 0 Å². The topological polar surface area (TPSA) is 121 Å². The standard InChI is InChI=1S/C25H37N3O7S/c1-5-20(23(30)25(32)27(6-2)7-3)26(4)24(31)21(17-22(29)28-13-15-35-16-14-28)36(33,34)18-19-11-9-8-10-12-19/h8-12,20-21H,5-7,13-18H2,1-4H3/t20-,21?/m0/s1. The Hall–Kier alpha value is -2.79.